The Morgan fingerprint density at radius 1 is 1.45 bits per heavy atom. The number of nitro benzene ring substituents is 1. The second kappa shape index (κ2) is 5.70. The molecule has 20 heavy (non-hydrogen) atoms. The number of hydrogen-bond acceptors (Lipinski definition) is 5. The summed E-state index contributed by atoms with van der Waals surface area (Å²) in [5.41, 5.74) is 5.45. The molecule has 0 spiro atoms. The van der Waals surface area contributed by atoms with E-state index in [1.165, 1.54) is 18.2 Å². The number of carbonyl (C=O) groups is 1. The minimum atomic E-state index is -0.689. The zero-order chi connectivity index (χ0) is 14.7. The fraction of sp³-hybridized carbons (Fsp3) is 0.154. The molecule has 0 saturated heterocycles. The molecule has 1 heterocycles. The van der Waals surface area contributed by atoms with Crippen LogP contribution < -0.4 is 11.1 Å². The summed E-state index contributed by atoms with van der Waals surface area (Å²) in [6.45, 7) is 1.91. The molecule has 0 unspecified atom stereocenters. The Morgan fingerprint density at radius 2 is 2.20 bits per heavy atom. The van der Waals surface area contributed by atoms with Gasteiger partial charge in [0.1, 0.15) is 5.69 Å². The predicted octanol–water partition coefficient (Wildman–Crippen LogP) is 2.93. The highest BCUT2D eigenvalue weighted by Crippen LogP contribution is 2.30. The van der Waals surface area contributed by atoms with Crippen LogP contribution in [0.25, 0.3) is 0 Å². The minimum absolute atomic E-state index is 0.0619. The van der Waals surface area contributed by atoms with Crippen LogP contribution in [0.2, 0.25) is 0 Å². The Morgan fingerprint density at radius 3 is 2.75 bits per heavy atom. The third-order valence-electron chi connectivity index (χ3n) is 2.82. The maximum atomic E-state index is 11.1. The van der Waals surface area contributed by atoms with E-state index in [0.29, 0.717) is 5.69 Å². The molecule has 0 radical (unpaired) electrons. The van der Waals surface area contributed by atoms with Crippen molar-refractivity contribution in [2.75, 3.05) is 5.32 Å². The number of primary amides is 1. The lowest BCUT2D eigenvalue weighted by atomic mass is 10.1. The van der Waals surface area contributed by atoms with E-state index in [9.17, 15) is 14.9 Å². The number of nitrogens with one attached hydrogen (secondary N) is 1. The molecule has 7 heteroatoms. The number of benzene rings is 1. The van der Waals surface area contributed by atoms with E-state index < -0.39 is 10.8 Å². The highest BCUT2D eigenvalue weighted by atomic mass is 32.1. The topological polar surface area (TPSA) is 98.3 Å². The van der Waals surface area contributed by atoms with Crippen molar-refractivity contribution < 1.29 is 9.72 Å². The van der Waals surface area contributed by atoms with Gasteiger partial charge >= 0.3 is 0 Å². The lowest BCUT2D eigenvalue weighted by molar-refractivity contribution is -0.384. The first kappa shape index (κ1) is 14.0. The molecule has 104 valence electrons. The minimum Gasteiger partial charge on any atom is -0.372 e. The van der Waals surface area contributed by atoms with Crippen LogP contribution in [0.15, 0.2) is 35.7 Å². The summed E-state index contributed by atoms with van der Waals surface area (Å²) in [7, 11) is 0. The Kier molecular flexibility index (Phi) is 3.99. The smallest absolute Gasteiger partial charge is 0.293 e. The van der Waals surface area contributed by atoms with Crippen molar-refractivity contribution in [1.82, 2.24) is 0 Å². The number of amides is 1. The highest BCUT2D eigenvalue weighted by Gasteiger charge is 2.18. The molecular weight excluding hydrogens is 278 g/mol. The fourth-order valence-electron chi connectivity index (χ4n) is 1.80. The second-order valence-electron chi connectivity index (χ2n) is 4.23. The van der Waals surface area contributed by atoms with Gasteiger partial charge in [0.05, 0.1) is 11.0 Å². The van der Waals surface area contributed by atoms with E-state index in [2.05, 4.69) is 5.32 Å². The van der Waals surface area contributed by atoms with Gasteiger partial charge in [-0.25, -0.2) is 0 Å². The third kappa shape index (κ3) is 2.94. The van der Waals surface area contributed by atoms with E-state index >= 15 is 0 Å². The van der Waals surface area contributed by atoms with Crippen LogP contribution >= 0.6 is 11.3 Å². The van der Waals surface area contributed by atoms with Gasteiger partial charge in [-0.05, 0) is 30.5 Å². The summed E-state index contributed by atoms with van der Waals surface area (Å²) < 4.78 is 0. The van der Waals surface area contributed by atoms with Crippen molar-refractivity contribution in [1.29, 1.82) is 0 Å². The number of carbonyl (C=O) groups excluding carboxylic acids is 1. The molecule has 1 atom stereocenters. The van der Waals surface area contributed by atoms with Crippen LogP contribution in [0.1, 0.15) is 28.2 Å². The zero-order valence-electron chi connectivity index (χ0n) is 10.7. The van der Waals surface area contributed by atoms with Crippen LogP contribution in [-0.2, 0) is 0 Å². The molecule has 2 aromatic rings. The third-order valence-corrected chi connectivity index (χ3v) is 3.88. The van der Waals surface area contributed by atoms with Gasteiger partial charge in [-0.15, -0.1) is 11.3 Å². The van der Waals surface area contributed by atoms with E-state index in [4.69, 9.17) is 5.73 Å². The summed E-state index contributed by atoms with van der Waals surface area (Å²) in [6.07, 6.45) is 0. The van der Waals surface area contributed by atoms with Crippen LogP contribution in [0.3, 0.4) is 0 Å². The molecule has 0 aliphatic heterocycles. The van der Waals surface area contributed by atoms with Crippen LogP contribution in [0, 0.1) is 10.1 Å². The van der Waals surface area contributed by atoms with Crippen molar-refractivity contribution in [3.8, 4) is 0 Å². The van der Waals surface area contributed by atoms with Gasteiger partial charge < -0.3 is 11.1 Å². The van der Waals surface area contributed by atoms with E-state index in [-0.39, 0.29) is 17.3 Å². The summed E-state index contributed by atoms with van der Waals surface area (Å²) in [5.74, 6) is -0.689. The first-order valence-corrected chi connectivity index (χ1v) is 6.75. The van der Waals surface area contributed by atoms with Crippen molar-refractivity contribution >= 4 is 28.6 Å². The number of thiophene rings is 1. The fourth-order valence-corrected chi connectivity index (χ4v) is 2.53. The molecule has 0 aliphatic rings. The zero-order valence-corrected chi connectivity index (χ0v) is 11.5. The second-order valence-corrected chi connectivity index (χ2v) is 5.21. The molecule has 3 N–H and O–H groups in total. The van der Waals surface area contributed by atoms with Gasteiger partial charge in [-0.2, -0.15) is 0 Å². The molecule has 1 aromatic heterocycles. The molecule has 0 saturated carbocycles. The number of nitrogens with two attached hydrogens (primary N) is 1. The number of nitrogens with zero attached hydrogens (tertiary/aromatic N) is 1. The Hall–Kier alpha value is -2.41. The molecule has 6 nitrogen and oxygen atoms in total. The maximum Gasteiger partial charge on any atom is 0.293 e. The molecule has 0 fully saturated rings. The quantitative estimate of drug-likeness (QED) is 0.653. The van der Waals surface area contributed by atoms with Gasteiger partial charge in [0.15, 0.2) is 0 Å². The predicted molar refractivity (Wildman–Crippen MR) is 78.0 cm³/mol. The molecule has 1 aromatic carbocycles. The average Bonchev–Trinajstić information content (AvgIpc) is 2.92. The van der Waals surface area contributed by atoms with Gasteiger partial charge in [0, 0.05) is 16.5 Å². The lowest BCUT2D eigenvalue weighted by Crippen LogP contribution is -2.12. The van der Waals surface area contributed by atoms with Crippen LogP contribution in [-0.4, -0.2) is 10.8 Å². The van der Waals surface area contributed by atoms with Crippen molar-refractivity contribution in [3.05, 3.63) is 56.3 Å². The molecule has 0 aliphatic carbocycles. The number of anilines is 1. The van der Waals surface area contributed by atoms with Crippen LogP contribution in [0.4, 0.5) is 11.4 Å². The van der Waals surface area contributed by atoms with Gasteiger partial charge in [-0.3, -0.25) is 14.9 Å². The normalized spacial score (nSPS) is 11.8. The van der Waals surface area contributed by atoms with Crippen molar-refractivity contribution in [2.24, 2.45) is 5.73 Å². The summed E-state index contributed by atoms with van der Waals surface area (Å²) >= 11 is 1.57. The van der Waals surface area contributed by atoms with Crippen molar-refractivity contribution in [3.63, 3.8) is 0 Å². The van der Waals surface area contributed by atoms with Gasteiger partial charge in [-0.1, -0.05) is 6.07 Å². The SMILES string of the molecule is C[C@@H](Nc1ccc(C(N)=O)cc1[N+](=O)[O-])c1cccs1. The average molecular weight is 291 g/mol. The monoisotopic (exact) mass is 291 g/mol. The van der Waals surface area contributed by atoms with E-state index in [1.54, 1.807) is 11.3 Å². The molecule has 2 rings (SSSR count). The lowest BCUT2D eigenvalue weighted by Gasteiger charge is -2.14. The maximum absolute atomic E-state index is 11.1. The van der Waals surface area contributed by atoms with Crippen molar-refractivity contribution in [2.45, 2.75) is 13.0 Å². The van der Waals surface area contributed by atoms with Crippen LogP contribution in [0.5, 0.6) is 0 Å². The Bertz CT molecular complexity index is 640. The first-order valence-electron chi connectivity index (χ1n) is 5.87. The summed E-state index contributed by atoms with van der Waals surface area (Å²) in [4.78, 5) is 22.7. The summed E-state index contributed by atoms with van der Waals surface area (Å²) in [6, 6.07) is 7.97. The molecule has 0 bridgehead atoms. The first-order chi connectivity index (χ1) is 9.49. The standard InChI is InChI=1S/C13H13N3O3S/c1-8(12-3-2-6-20-12)15-10-5-4-9(13(14)17)7-11(10)16(18)19/h2-8,15H,1H3,(H2,14,17)/t8-/m1/s1. The van der Waals surface area contributed by atoms with Gasteiger partial charge in [0.25, 0.3) is 5.69 Å². The molecular formula is C13H13N3O3S. The number of rotatable bonds is 5. The Balaban J connectivity index is 2.31. The van der Waals surface area contributed by atoms with E-state index in [1.807, 2.05) is 24.4 Å². The number of hydrogen-bond donors (Lipinski definition) is 2. The Labute approximate surface area is 119 Å². The highest BCUT2D eigenvalue weighted by molar-refractivity contribution is 7.10. The molecule has 1 amide bonds. The van der Waals surface area contributed by atoms with E-state index in [0.717, 1.165) is 4.88 Å². The number of nitro groups is 1. The summed E-state index contributed by atoms with van der Waals surface area (Å²) in [5, 5.41) is 16.1. The van der Waals surface area contributed by atoms with Gasteiger partial charge in [0.2, 0.25) is 5.91 Å². The largest absolute Gasteiger partial charge is 0.372 e.